The molecule has 0 fully saturated rings. The molecule has 0 aromatic rings. The van der Waals surface area contributed by atoms with E-state index in [2.05, 4.69) is 5.43 Å². The molecule has 0 saturated heterocycles. The maximum absolute atomic E-state index is 11.1. The Hall–Kier alpha value is -0.170. The molecule has 0 aromatic heterocycles. The summed E-state index contributed by atoms with van der Waals surface area (Å²) in [5.41, 5.74) is 2.85. The van der Waals surface area contributed by atoms with Crippen LogP contribution in [0.3, 0.4) is 0 Å². The van der Waals surface area contributed by atoms with Gasteiger partial charge in [-0.2, -0.15) is 8.42 Å². The Bertz CT molecular complexity index is 224. The first-order valence-corrected chi connectivity index (χ1v) is 5.73. The maximum atomic E-state index is 11.1. The number of rotatable bonds is 6. The van der Waals surface area contributed by atoms with Crippen molar-refractivity contribution >= 4 is 10.1 Å². The first-order valence-electron chi connectivity index (χ1n) is 4.15. The zero-order chi connectivity index (χ0) is 10.5. The maximum Gasteiger partial charge on any atom is 0.268 e. The van der Waals surface area contributed by atoms with Gasteiger partial charge in [-0.15, -0.1) is 0 Å². The van der Waals surface area contributed by atoms with E-state index in [0.29, 0.717) is 6.54 Å². The quantitative estimate of drug-likeness (QED) is 0.486. The Kier molecular flexibility index (Phi) is 5.46. The van der Waals surface area contributed by atoms with Crippen molar-refractivity contribution in [1.82, 2.24) is 10.4 Å². The highest BCUT2D eigenvalue weighted by atomic mass is 32.2. The molecule has 0 aromatic carbocycles. The van der Waals surface area contributed by atoms with E-state index >= 15 is 0 Å². The number of nitrogens with one attached hydrogen (secondary N) is 1. The molecule has 0 spiro atoms. The third-order valence-corrected chi connectivity index (χ3v) is 2.50. The molecule has 80 valence electrons. The molecule has 6 heteroatoms. The van der Waals surface area contributed by atoms with Gasteiger partial charge in [-0.3, -0.25) is 14.6 Å². The van der Waals surface area contributed by atoms with Gasteiger partial charge in [-0.05, 0) is 13.8 Å². The second-order valence-corrected chi connectivity index (χ2v) is 4.93. The van der Waals surface area contributed by atoms with Gasteiger partial charge in [0.25, 0.3) is 10.1 Å². The van der Waals surface area contributed by atoms with E-state index in [1.165, 1.54) is 0 Å². The van der Waals surface area contributed by atoms with Crippen LogP contribution in [0, 0.1) is 0 Å². The molecule has 0 aliphatic rings. The summed E-state index contributed by atoms with van der Waals surface area (Å²) in [5, 5.41) is 1.70. The highest BCUT2D eigenvalue weighted by Gasteiger charge is 2.12. The molecule has 1 N–H and O–H groups in total. The van der Waals surface area contributed by atoms with Crippen LogP contribution in [0.4, 0.5) is 0 Å². The Morgan fingerprint density at radius 2 is 1.92 bits per heavy atom. The average Bonchev–Trinajstić information content (AvgIpc) is 1.81. The molecular weight excluding hydrogens is 192 g/mol. The Balaban J connectivity index is 3.77. The van der Waals surface area contributed by atoms with Gasteiger partial charge in [-0.25, -0.2) is 0 Å². The van der Waals surface area contributed by atoms with E-state index in [4.69, 9.17) is 4.18 Å². The van der Waals surface area contributed by atoms with E-state index in [-0.39, 0.29) is 11.9 Å². The standard InChI is InChI=1S/C7H18N2O3S/c1-7(2)12-13(10,11)6-5-8-9(3)4/h7-8H,5-6H2,1-4H3. The molecule has 0 bridgehead atoms. The lowest BCUT2D eigenvalue weighted by Crippen LogP contribution is -2.35. The fraction of sp³-hybridized carbons (Fsp3) is 1.00. The Morgan fingerprint density at radius 3 is 2.31 bits per heavy atom. The largest absolute Gasteiger partial charge is 0.268 e. The van der Waals surface area contributed by atoms with Gasteiger partial charge in [-0.1, -0.05) is 0 Å². The smallest absolute Gasteiger partial charge is 0.267 e. The van der Waals surface area contributed by atoms with Crippen molar-refractivity contribution in [1.29, 1.82) is 0 Å². The lowest BCUT2D eigenvalue weighted by molar-refractivity contribution is 0.245. The summed E-state index contributed by atoms with van der Waals surface area (Å²) in [7, 11) is 0.237. The van der Waals surface area contributed by atoms with Crippen molar-refractivity contribution in [2.24, 2.45) is 0 Å². The topological polar surface area (TPSA) is 58.6 Å². The number of hydrogen-bond acceptors (Lipinski definition) is 5. The van der Waals surface area contributed by atoms with Gasteiger partial charge in [0.1, 0.15) is 0 Å². The third-order valence-electron chi connectivity index (χ3n) is 1.12. The molecule has 0 rings (SSSR count). The van der Waals surface area contributed by atoms with Crippen LogP contribution in [0.5, 0.6) is 0 Å². The SMILES string of the molecule is CC(C)OS(=O)(=O)CCNN(C)C. The second-order valence-electron chi connectivity index (χ2n) is 3.21. The normalized spacial score (nSPS) is 12.8. The van der Waals surface area contributed by atoms with Crippen molar-refractivity contribution in [3.05, 3.63) is 0 Å². The lowest BCUT2D eigenvalue weighted by Gasteiger charge is -2.12. The Morgan fingerprint density at radius 1 is 1.38 bits per heavy atom. The highest BCUT2D eigenvalue weighted by Crippen LogP contribution is 1.98. The van der Waals surface area contributed by atoms with Crippen LogP contribution in [0.25, 0.3) is 0 Å². The van der Waals surface area contributed by atoms with Gasteiger partial charge in [0.2, 0.25) is 0 Å². The van der Waals surface area contributed by atoms with Gasteiger partial charge in [0, 0.05) is 20.6 Å². The molecule has 0 atom stereocenters. The van der Waals surface area contributed by atoms with Crippen molar-refractivity contribution in [3.8, 4) is 0 Å². The zero-order valence-electron chi connectivity index (χ0n) is 8.57. The van der Waals surface area contributed by atoms with Gasteiger partial charge in [0.05, 0.1) is 11.9 Å². The molecule has 0 heterocycles. The summed E-state index contributed by atoms with van der Waals surface area (Å²) < 4.78 is 27.0. The van der Waals surface area contributed by atoms with E-state index in [1.807, 2.05) is 0 Å². The number of nitrogens with zero attached hydrogens (tertiary/aromatic N) is 1. The summed E-state index contributed by atoms with van der Waals surface area (Å²) in [5.74, 6) is -0.0106. The van der Waals surface area contributed by atoms with Crippen molar-refractivity contribution in [2.75, 3.05) is 26.4 Å². The highest BCUT2D eigenvalue weighted by molar-refractivity contribution is 7.86. The van der Waals surface area contributed by atoms with Crippen LogP contribution < -0.4 is 5.43 Å². The minimum Gasteiger partial charge on any atom is -0.267 e. The van der Waals surface area contributed by atoms with Crippen molar-refractivity contribution in [3.63, 3.8) is 0 Å². The van der Waals surface area contributed by atoms with E-state index in [9.17, 15) is 8.42 Å². The van der Waals surface area contributed by atoms with E-state index in [0.717, 1.165) is 0 Å². The van der Waals surface area contributed by atoms with Crippen LogP contribution >= 0.6 is 0 Å². The molecule has 13 heavy (non-hydrogen) atoms. The third kappa shape index (κ3) is 8.17. The summed E-state index contributed by atoms with van der Waals surface area (Å²) in [6.45, 7) is 3.75. The molecular formula is C7H18N2O3S. The molecule has 5 nitrogen and oxygen atoms in total. The molecule has 0 unspecified atom stereocenters. The summed E-state index contributed by atoms with van der Waals surface area (Å²) in [6, 6.07) is 0. The second kappa shape index (κ2) is 5.54. The Labute approximate surface area is 80.2 Å². The first-order chi connectivity index (χ1) is 5.83. The van der Waals surface area contributed by atoms with Crippen molar-refractivity contribution < 1.29 is 12.6 Å². The number of hydrogen-bond donors (Lipinski definition) is 1. The molecule has 0 aliphatic heterocycles. The molecule has 0 amide bonds. The number of hydrazine groups is 1. The van der Waals surface area contributed by atoms with E-state index in [1.54, 1.807) is 33.0 Å². The molecule has 0 saturated carbocycles. The lowest BCUT2D eigenvalue weighted by atomic mass is 10.5. The first kappa shape index (κ1) is 12.8. The molecule has 0 radical (unpaired) electrons. The van der Waals surface area contributed by atoms with Crippen LogP contribution in [0.2, 0.25) is 0 Å². The monoisotopic (exact) mass is 210 g/mol. The minimum absolute atomic E-state index is 0.0106. The van der Waals surface area contributed by atoms with Gasteiger partial charge < -0.3 is 0 Å². The van der Waals surface area contributed by atoms with Crippen molar-refractivity contribution in [2.45, 2.75) is 20.0 Å². The van der Waals surface area contributed by atoms with Gasteiger partial charge in [0.15, 0.2) is 0 Å². The average molecular weight is 210 g/mol. The summed E-state index contributed by atoms with van der Waals surface area (Å²) in [6.07, 6.45) is -0.288. The molecule has 0 aliphatic carbocycles. The minimum atomic E-state index is -3.37. The summed E-state index contributed by atoms with van der Waals surface area (Å²) in [4.78, 5) is 0. The predicted octanol–water partition coefficient (Wildman–Crippen LogP) is -0.193. The zero-order valence-corrected chi connectivity index (χ0v) is 9.39. The van der Waals surface area contributed by atoms with Crippen LogP contribution in [0.15, 0.2) is 0 Å². The van der Waals surface area contributed by atoms with E-state index < -0.39 is 10.1 Å². The van der Waals surface area contributed by atoms with Crippen LogP contribution in [0.1, 0.15) is 13.8 Å². The predicted molar refractivity (Wildman–Crippen MR) is 51.7 cm³/mol. The van der Waals surface area contributed by atoms with Crippen LogP contribution in [-0.2, 0) is 14.3 Å². The fourth-order valence-electron chi connectivity index (χ4n) is 0.736. The van der Waals surface area contributed by atoms with Gasteiger partial charge >= 0.3 is 0 Å². The summed E-state index contributed by atoms with van der Waals surface area (Å²) >= 11 is 0. The van der Waals surface area contributed by atoms with Crippen LogP contribution in [-0.4, -0.2) is 45.9 Å². The fourth-order valence-corrected chi connectivity index (χ4v) is 1.76.